The molecular weight excluding hydrogens is 321 g/mol. The smallest absolute Gasteiger partial charge is 0.0205 e. The zero-order valence-electron chi connectivity index (χ0n) is 10.2. The van der Waals surface area contributed by atoms with E-state index in [0.717, 1.165) is 24.3 Å². The van der Waals surface area contributed by atoms with Crippen molar-refractivity contribution in [2.45, 2.75) is 32.2 Å². The Morgan fingerprint density at radius 3 is 2.18 bits per heavy atom. The van der Waals surface area contributed by atoms with Crippen LogP contribution in [0.4, 0.5) is 0 Å². The summed E-state index contributed by atoms with van der Waals surface area (Å²) in [6, 6.07) is 8.85. The Kier molecular flexibility index (Phi) is 3.71. The van der Waals surface area contributed by atoms with Gasteiger partial charge >= 0.3 is 0 Å². The average Bonchev–Trinajstić information content (AvgIpc) is 3.19. The van der Waals surface area contributed by atoms with Crippen LogP contribution in [-0.2, 0) is 6.54 Å². The van der Waals surface area contributed by atoms with Crippen LogP contribution in [-0.4, -0.2) is 6.54 Å². The van der Waals surface area contributed by atoms with Crippen LogP contribution in [0.15, 0.2) is 24.3 Å². The molecule has 0 atom stereocenters. The van der Waals surface area contributed by atoms with Gasteiger partial charge < -0.3 is 5.32 Å². The summed E-state index contributed by atoms with van der Waals surface area (Å²) in [6.45, 7) is 2.27. The van der Waals surface area contributed by atoms with Gasteiger partial charge in [0.2, 0.25) is 0 Å². The third-order valence-corrected chi connectivity index (χ3v) is 4.80. The fraction of sp³-hybridized carbons (Fsp3) is 0.600. The third kappa shape index (κ3) is 3.44. The first-order valence-electron chi connectivity index (χ1n) is 6.78. The molecule has 0 bridgehead atoms. The molecule has 92 valence electrons. The van der Waals surface area contributed by atoms with Crippen molar-refractivity contribution in [3.05, 3.63) is 33.4 Å². The van der Waals surface area contributed by atoms with Gasteiger partial charge in [-0.2, -0.15) is 0 Å². The van der Waals surface area contributed by atoms with Crippen LogP contribution in [0, 0.1) is 21.3 Å². The molecule has 2 fully saturated rings. The molecule has 1 aromatic rings. The quantitative estimate of drug-likeness (QED) is 0.776. The van der Waals surface area contributed by atoms with Crippen molar-refractivity contribution < 1.29 is 0 Å². The summed E-state index contributed by atoms with van der Waals surface area (Å²) in [5, 5.41) is 3.66. The Morgan fingerprint density at radius 1 is 1.06 bits per heavy atom. The monoisotopic (exact) mass is 341 g/mol. The van der Waals surface area contributed by atoms with Crippen LogP contribution < -0.4 is 5.32 Å². The van der Waals surface area contributed by atoms with Crippen molar-refractivity contribution in [3.63, 3.8) is 0 Å². The topological polar surface area (TPSA) is 12.0 Å². The molecule has 0 radical (unpaired) electrons. The second-order valence-electron chi connectivity index (χ2n) is 5.60. The van der Waals surface area contributed by atoms with Gasteiger partial charge in [0, 0.05) is 10.1 Å². The van der Waals surface area contributed by atoms with E-state index in [0.29, 0.717) is 0 Å². The summed E-state index contributed by atoms with van der Waals surface area (Å²) in [5.41, 5.74) is 1.41. The number of hydrogen-bond donors (Lipinski definition) is 1. The Bertz CT molecular complexity index is 353. The zero-order valence-corrected chi connectivity index (χ0v) is 12.3. The molecule has 2 heteroatoms. The van der Waals surface area contributed by atoms with Gasteiger partial charge in [-0.3, -0.25) is 0 Å². The molecule has 2 aliphatic carbocycles. The normalized spacial score (nSPS) is 19.9. The first-order valence-corrected chi connectivity index (χ1v) is 7.86. The van der Waals surface area contributed by atoms with Crippen LogP contribution >= 0.6 is 22.6 Å². The molecule has 0 aromatic heterocycles. The molecule has 0 saturated heterocycles. The largest absolute Gasteiger partial charge is 0.312 e. The van der Waals surface area contributed by atoms with Crippen LogP contribution in [0.3, 0.4) is 0 Å². The number of benzene rings is 1. The molecule has 1 nitrogen and oxygen atoms in total. The Morgan fingerprint density at radius 2 is 1.65 bits per heavy atom. The van der Waals surface area contributed by atoms with Crippen molar-refractivity contribution in [2.24, 2.45) is 17.8 Å². The van der Waals surface area contributed by atoms with Crippen LogP contribution in [0.25, 0.3) is 0 Å². The predicted molar refractivity (Wildman–Crippen MR) is 79.8 cm³/mol. The molecule has 2 aliphatic rings. The fourth-order valence-electron chi connectivity index (χ4n) is 2.75. The van der Waals surface area contributed by atoms with Gasteiger partial charge in [0.25, 0.3) is 0 Å². The minimum atomic E-state index is 0.985. The standard InChI is InChI=1S/C15H20IN/c16-14-7-1-11(2-8-14)9-17-10-15(12-3-4-12)13-5-6-13/h1-2,7-8,12-13,15,17H,3-6,9-10H2. The summed E-state index contributed by atoms with van der Waals surface area (Å²) in [4.78, 5) is 0. The molecule has 0 amide bonds. The molecule has 0 heterocycles. The summed E-state index contributed by atoms with van der Waals surface area (Å²) in [5.74, 6) is 3.11. The van der Waals surface area contributed by atoms with Gasteiger partial charge in [0.15, 0.2) is 0 Å². The Hall–Kier alpha value is -0.0900. The maximum Gasteiger partial charge on any atom is 0.0205 e. The maximum atomic E-state index is 3.66. The van der Waals surface area contributed by atoms with E-state index in [1.807, 2.05) is 0 Å². The Labute approximate surface area is 118 Å². The molecule has 3 rings (SSSR count). The fourth-order valence-corrected chi connectivity index (χ4v) is 3.11. The number of halogens is 1. The summed E-state index contributed by atoms with van der Waals surface area (Å²) in [7, 11) is 0. The Balaban J connectivity index is 1.45. The van der Waals surface area contributed by atoms with Crippen molar-refractivity contribution in [3.8, 4) is 0 Å². The van der Waals surface area contributed by atoms with Gasteiger partial charge in [-0.25, -0.2) is 0 Å². The molecule has 17 heavy (non-hydrogen) atoms. The second kappa shape index (κ2) is 5.27. The highest BCUT2D eigenvalue weighted by atomic mass is 127. The van der Waals surface area contributed by atoms with Crippen molar-refractivity contribution in [2.75, 3.05) is 6.54 Å². The van der Waals surface area contributed by atoms with Gasteiger partial charge in [-0.1, -0.05) is 12.1 Å². The lowest BCUT2D eigenvalue weighted by Gasteiger charge is -2.16. The molecule has 0 spiro atoms. The van der Waals surface area contributed by atoms with E-state index in [1.54, 1.807) is 0 Å². The molecule has 2 saturated carbocycles. The molecule has 0 aliphatic heterocycles. The SMILES string of the molecule is Ic1ccc(CNCC(C2CC2)C2CC2)cc1. The second-order valence-corrected chi connectivity index (χ2v) is 6.84. The highest BCUT2D eigenvalue weighted by molar-refractivity contribution is 14.1. The van der Waals surface area contributed by atoms with E-state index in [4.69, 9.17) is 0 Å². The summed E-state index contributed by atoms with van der Waals surface area (Å²) < 4.78 is 1.32. The highest BCUT2D eigenvalue weighted by Crippen LogP contribution is 2.48. The van der Waals surface area contributed by atoms with Gasteiger partial charge in [0.05, 0.1) is 0 Å². The lowest BCUT2D eigenvalue weighted by Crippen LogP contribution is -2.25. The maximum absolute atomic E-state index is 3.66. The van der Waals surface area contributed by atoms with E-state index in [2.05, 4.69) is 52.2 Å². The number of nitrogens with one attached hydrogen (secondary N) is 1. The highest BCUT2D eigenvalue weighted by Gasteiger charge is 2.40. The average molecular weight is 341 g/mol. The minimum Gasteiger partial charge on any atom is -0.312 e. The van der Waals surface area contributed by atoms with Crippen molar-refractivity contribution in [1.29, 1.82) is 0 Å². The van der Waals surface area contributed by atoms with E-state index in [9.17, 15) is 0 Å². The van der Waals surface area contributed by atoms with Crippen LogP contribution in [0.1, 0.15) is 31.2 Å². The third-order valence-electron chi connectivity index (χ3n) is 4.08. The van der Waals surface area contributed by atoms with Crippen molar-refractivity contribution in [1.82, 2.24) is 5.32 Å². The van der Waals surface area contributed by atoms with Gasteiger partial charge in [-0.05, 0) is 90.3 Å². The number of rotatable bonds is 6. The van der Waals surface area contributed by atoms with E-state index >= 15 is 0 Å². The number of hydrogen-bond acceptors (Lipinski definition) is 1. The van der Waals surface area contributed by atoms with Crippen molar-refractivity contribution >= 4 is 22.6 Å². The predicted octanol–water partition coefficient (Wildman–Crippen LogP) is 3.82. The lowest BCUT2D eigenvalue weighted by atomic mass is 9.98. The van der Waals surface area contributed by atoms with Crippen LogP contribution in [0.2, 0.25) is 0 Å². The van der Waals surface area contributed by atoms with Gasteiger partial charge in [-0.15, -0.1) is 0 Å². The zero-order chi connectivity index (χ0) is 11.7. The van der Waals surface area contributed by atoms with Crippen LogP contribution in [0.5, 0.6) is 0 Å². The van der Waals surface area contributed by atoms with Gasteiger partial charge in [0.1, 0.15) is 0 Å². The molecule has 1 N–H and O–H groups in total. The lowest BCUT2D eigenvalue weighted by molar-refractivity contribution is 0.378. The van der Waals surface area contributed by atoms with E-state index in [-0.39, 0.29) is 0 Å². The van der Waals surface area contributed by atoms with E-state index in [1.165, 1.54) is 41.4 Å². The van der Waals surface area contributed by atoms with E-state index < -0.39 is 0 Å². The summed E-state index contributed by atoms with van der Waals surface area (Å²) >= 11 is 2.36. The molecular formula is C15H20IN. The first kappa shape index (κ1) is 12.0. The summed E-state index contributed by atoms with van der Waals surface area (Å²) in [6.07, 6.45) is 5.97. The minimum absolute atomic E-state index is 0.985. The first-order chi connectivity index (χ1) is 8.33. The molecule has 0 unspecified atom stereocenters. The molecule has 1 aromatic carbocycles.